The maximum atomic E-state index is 14.0. The quantitative estimate of drug-likeness (QED) is 0.144. The van der Waals surface area contributed by atoms with Gasteiger partial charge in [0.25, 0.3) is 0 Å². The van der Waals surface area contributed by atoms with Gasteiger partial charge in [-0.05, 0) is 109 Å². The molecule has 1 aliphatic carbocycles. The van der Waals surface area contributed by atoms with Gasteiger partial charge < -0.3 is 85.1 Å². The number of ether oxygens (including phenoxy) is 7. The molecule has 2 saturated heterocycles. The molecule has 12 atom stereocenters. The summed E-state index contributed by atoms with van der Waals surface area (Å²) in [4.78, 5) is 69.2. The number of nitrogens with zero attached hydrogens (tertiary/aromatic N) is 2. The summed E-state index contributed by atoms with van der Waals surface area (Å²) in [6, 6.07) is -4.72. The topological polar surface area (TPSA) is 299 Å². The number of nitrogens with one attached hydrogen (secondary N) is 3. The van der Waals surface area contributed by atoms with Crippen LogP contribution >= 0.6 is 0 Å². The van der Waals surface area contributed by atoms with Crippen molar-refractivity contribution in [2.75, 3.05) is 33.3 Å². The zero-order valence-corrected chi connectivity index (χ0v) is 40.9. The Kier molecular flexibility index (Phi) is 17.0. The zero-order chi connectivity index (χ0) is 50.1. The summed E-state index contributed by atoms with van der Waals surface area (Å²) in [7, 11) is 1.33. The van der Waals surface area contributed by atoms with E-state index < -0.39 is 138 Å². The van der Waals surface area contributed by atoms with E-state index in [1.54, 1.807) is 89.2 Å². The molecule has 22 heteroatoms. The van der Waals surface area contributed by atoms with Gasteiger partial charge in [0, 0.05) is 38.0 Å². The van der Waals surface area contributed by atoms with Gasteiger partial charge in [0.2, 0.25) is 5.91 Å². The summed E-state index contributed by atoms with van der Waals surface area (Å²) < 4.78 is 40.8. The lowest BCUT2D eigenvalue weighted by molar-refractivity contribution is -0.305. The summed E-state index contributed by atoms with van der Waals surface area (Å²) in [6.07, 6.45) is -11.2. The highest BCUT2D eigenvalue weighted by molar-refractivity contribution is 5.82. The first-order valence-electron chi connectivity index (χ1n) is 22.4. The van der Waals surface area contributed by atoms with Crippen molar-refractivity contribution >= 4 is 30.3 Å². The molecule has 4 rings (SSSR count). The summed E-state index contributed by atoms with van der Waals surface area (Å²) in [5, 5.41) is 55.8. The van der Waals surface area contributed by atoms with Crippen molar-refractivity contribution in [1.82, 2.24) is 25.8 Å². The molecular weight excluding hydrogens is 869 g/mol. The number of likely N-dealkylation sites (N-methyl/N-ethyl adjacent to an activating group) is 1. The normalized spacial score (nSPS) is 31.4. The fourth-order valence-corrected chi connectivity index (χ4v) is 8.38. The van der Waals surface area contributed by atoms with Gasteiger partial charge in [-0.3, -0.25) is 4.79 Å². The largest absolute Gasteiger partial charge is 0.491 e. The van der Waals surface area contributed by atoms with Crippen LogP contribution in [0.15, 0.2) is 11.8 Å². The minimum atomic E-state index is -1.85. The van der Waals surface area contributed by atoms with Gasteiger partial charge in [0.15, 0.2) is 6.29 Å². The highest BCUT2D eigenvalue weighted by Gasteiger charge is 2.57. The van der Waals surface area contributed by atoms with Crippen LogP contribution in [0.5, 0.6) is 0 Å². The average Bonchev–Trinajstić information content (AvgIpc) is 3.10. The van der Waals surface area contributed by atoms with Crippen molar-refractivity contribution in [2.24, 2.45) is 17.6 Å². The molecule has 0 aromatic carbocycles. The standard InChI is InChI=1S/C44H76N6O16/c1-40(2,3)63-36(55)47-24-16-15-23(18-45)61-31(24)27-25(48-37(56)64-41(4,5)6)17-26(46-34(54)28(51)22-19-50(20-22)39(58)66-43(10,11)12)32(29(27)52)62-35-30(53)33(44(13,59)21-60-35)49(14)38(57)65-42(7,8)9/h15,22,24-33,35,51-53,59H,16-21,45H2,1-14H3,(H,46,54)(H,47,55)(H,48,56)/t24-,25+,26-,27-,28?,29+,30-,31?,32+,33-,35-,44+/m1/s1. The first-order valence-corrected chi connectivity index (χ1v) is 22.4. The van der Waals surface area contributed by atoms with Gasteiger partial charge in [-0.2, -0.15) is 0 Å². The predicted molar refractivity (Wildman–Crippen MR) is 235 cm³/mol. The number of carbonyl (C=O) groups is 5. The molecule has 378 valence electrons. The smallest absolute Gasteiger partial charge is 0.410 e. The van der Waals surface area contributed by atoms with Crippen LogP contribution in [-0.4, -0.2) is 183 Å². The van der Waals surface area contributed by atoms with Crippen molar-refractivity contribution < 1.29 is 77.6 Å². The van der Waals surface area contributed by atoms with Crippen LogP contribution in [0.25, 0.3) is 0 Å². The zero-order valence-electron chi connectivity index (χ0n) is 40.9. The molecule has 3 heterocycles. The lowest BCUT2D eigenvalue weighted by Crippen LogP contribution is -2.71. The van der Waals surface area contributed by atoms with E-state index in [2.05, 4.69) is 16.0 Å². The first-order chi connectivity index (χ1) is 30.1. The fraction of sp³-hybridized carbons (Fsp3) is 0.841. The molecular formula is C44H76N6O16. The molecule has 0 bridgehead atoms. The second-order valence-electron chi connectivity index (χ2n) is 21.9. The first kappa shape index (κ1) is 54.4. The number of aliphatic hydroxyl groups is 4. The van der Waals surface area contributed by atoms with Crippen LogP contribution in [-0.2, 0) is 38.0 Å². The SMILES string of the molecule is CN(C(=O)OC(C)(C)C)[C@@H]1[C@@H](O)[C@@H](O[C@@H]2[C@@H](O)[C@H](C3OC(CN)=CC[C@H]3NC(=O)OC(C)(C)C)[C@@H](NC(=O)OC(C)(C)C)C[C@H]2NC(=O)C(O)C2CN(C(=O)OC(C)(C)C)C2)OC[C@]1(C)O. The molecule has 22 nitrogen and oxygen atoms in total. The van der Waals surface area contributed by atoms with Crippen LogP contribution in [0.3, 0.4) is 0 Å². The second-order valence-corrected chi connectivity index (χ2v) is 21.9. The Bertz CT molecular complexity index is 1760. The van der Waals surface area contributed by atoms with Gasteiger partial charge in [-0.1, -0.05) is 0 Å². The predicted octanol–water partition coefficient (Wildman–Crippen LogP) is 1.59. The summed E-state index contributed by atoms with van der Waals surface area (Å²) >= 11 is 0. The number of alkyl carbamates (subject to hydrolysis) is 2. The molecule has 2 unspecified atom stereocenters. The lowest BCUT2D eigenvalue weighted by Gasteiger charge is -2.52. The fourth-order valence-electron chi connectivity index (χ4n) is 8.38. The van der Waals surface area contributed by atoms with Crippen molar-refractivity contribution in [2.45, 2.75) is 192 Å². The Hall–Kier alpha value is -4.19. The Morgan fingerprint density at radius 3 is 1.88 bits per heavy atom. The summed E-state index contributed by atoms with van der Waals surface area (Å²) in [5.41, 5.74) is 0.621. The van der Waals surface area contributed by atoms with Crippen molar-refractivity contribution in [1.29, 1.82) is 0 Å². The Labute approximate surface area is 387 Å². The summed E-state index contributed by atoms with van der Waals surface area (Å²) in [5.74, 6) is -2.52. The van der Waals surface area contributed by atoms with Crippen LogP contribution in [0.2, 0.25) is 0 Å². The maximum Gasteiger partial charge on any atom is 0.410 e. The van der Waals surface area contributed by atoms with Crippen molar-refractivity contribution in [3.8, 4) is 0 Å². The Morgan fingerprint density at radius 1 is 0.833 bits per heavy atom. The van der Waals surface area contributed by atoms with Crippen LogP contribution in [0.1, 0.15) is 103 Å². The number of hydrogen-bond acceptors (Lipinski definition) is 17. The Morgan fingerprint density at radius 2 is 1.36 bits per heavy atom. The Balaban J connectivity index is 1.77. The van der Waals surface area contributed by atoms with Crippen LogP contribution in [0.4, 0.5) is 19.2 Å². The van der Waals surface area contributed by atoms with E-state index in [-0.39, 0.29) is 32.5 Å². The highest BCUT2D eigenvalue weighted by atomic mass is 16.7. The minimum Gasteiger partial charge on any atom is -0.491 e. The van der Waals surface area contributed by atoms with Crippen molar-refractivity contribution in [3.05, 3.63) is 11.8 Å². The van der Waals surface area contributed by atoms with Crippen molar-refractivity contribution in [3.63, 3.8) is 0 Å². The molecule has 0 aromatic heterocycles. The molecule has 4 aliphatic rings. The van der Waals surface area contributed by atoms with Crippen LogP contribution < -0.4 is 21.7 Å². The van der Waals surface area contributed by atoms with E-state index >= 15 is 0 Å². The number of amides is 5. The third-order valence-electron chi connectivity index (χ3n) is 11.1. The van der Waals surface area contributed by atoms with E-state index in [1.807, 2.05) is 0 Å². The minimum absolute atomic E-state index is 0.00173. The molecule has 66 heavy (non-hydrogen) atoms. The number of nitrogens with two attached hydrogens (primary N) is 1. The number of carbonyl (C=O) groups excluding carboxylic acids is 5. The van der Waals surface area contributed by atoms with Gasteiger partial charge in [0.05, 0.1) is 37.4 Å². The second kappa shape index (κ2) is 20.6. The third-order valence-corrected chi connectivity index (χ3v) is 11.1. The van der Waals surface area contributed by atoms with E-state index in [9.17, 15) is 44.4 Å². The molecule has 0 spiro atoms. The molecule has 1 saturated carbocycles. The number of likely N-dealkylation sites (tertiary alicyclic amines) is 1. The molecule has 3 fully saturated rings. The third kappa shape index (κ3) is 14.7. The highest BCUT2D eigenvalue weighted by Crippen LogP contribution is 2.39. The van der Waals surface area contributed by atoms with E-state index in [0.717, 1.165) is 4.90 Å². The molecule has 0 radical (unpaired) electrons. The van der Waals surface area contributed by atoms with E-state index in [4.69, 9.17) is 38.9 Å². The molecule has 9 N–H and O–H groups in total. The average molecular weight is 945 g/mol. The number of rotatable bonds is 10. The number of hydrogen-bond donors (Lipinski definition) is 8. The summed E-state index contributed by atoms with van der Waals surface area (Å²) in [6.45, 7) is 20.9. The van der Waals surface area contributed by atoms with E-state index in [1.165, 1.54) is 18.9 Å². The molecule has 3 aliphatic heterocycles. The molecule has 5 amide bonds. The number of aliphatic hydroxyl groups excluding tert-OH is 3. The van der Waals surface area contributed by atoms with Gasteiger partial charge >= 0.3 is 24.4 Å². The van der Waals surface area contributed by atoms with Gasteiger partial charge in [-0.25, -0.2) is 19.2 Å². The lowest BCUT2D eigenvalue weighted by atomic mass is 9.72. The van der Waals surface area contributed by atoms with Gasteiger partial charge in [0.1, 0.15) is 58.2 Å². The van der Waals surface area contributed by atoms with Crippen LogP contribution in [0, 0.1) is 11.8 Å². The van der Waals surface area contributed by atoms with Gasteiger partial charge in [-0.15, -0.1) is 0 Å². The monoisotopic (exact) mass is 945 g/mol. The maximum absolute atomic E-state index is 14.0. The van der Waals surface area contributed by atoms with E-state index in [0.29, 0.717) is 5.76 Å². The molecule has 0 aromatic rings.